The average Bonchev–Trinajstić information content (AvgIpc) is 3.30. The van der Waals surface area contributed by atoms with Crippen LogP contribution in [-0.2, 0) is 17.7 Å². The lowest BCUT2D eigenvalue weighted by molar-refractivity contribution is 0.0600. The van der Waals surface area contributed by atoms with Crippen molar-refractivity contribution >= 4 is 11.9 Å². The molecule has 0 aliphatic heterocycles. The molecule has 0 spiro atoms. The zero-order chi connectivity index (χ0) is 24.8. The number of benzene rings is 3. The van der Waals surface area contributed by atoms with Gasteiger partial charge in [0.25, 0.3) is 0 Å². The van der Waals surface area contributed by atoms with Crippen molar-refractivity contribution in [2.24, 2.45) is 0 Å². The number of methoxy groups -OCH3 is 1. The lowest BCUT2D eigenvalue weighted by atomic mass is 9.94. The summed E-state index contributed by atoms with van der Waals surface area (Å²) in [4.78, 5) is 28.5. The number of ether oxygens (including phenoxy) is 1. The molecule has 0 radical (unpaired) electrons. The van der Waals surface area contributed by atoms with Gasteiger partial charge in [0.15, 0.2) is 0 Å². The van der Waals surface area contributed by atoms with Crippen LogP contribution in [0.5, 0.6) is 0 Å². The van der Waals surface area contributed by atoms with Crippen LogP contribution in [0.15, 0.2) is 79.0 Å². The van der Waals surface area contributed by atoms with E-state index in [1.165, 1.54) is 13.3 Å². The van der Waals surface area contributed by atoms with Gasteiger partial charge in [-0.3, -0.25) is 0 Å². The Kier molecular flexibility index (Phi) is 7.41. The summed E-state index contributed by atoms with van der Waals surface area (Å²) in [5.74, 6) is -0.608. The molecule has 1 N–H and O–H groups in total. The quantitative estimate of drug-likeness (QED) is 0.301. The molecular weight excluding hydrogens is 440 g/mol. The van der Waals surface area contributed by atoms with E-state index in [0.29, 0.717) is 12.1 Å². The molecule has 35 heavy (non-hydrogen) atoms. The molecule has 4 aromatic rings. The number of imidazole rings is 1. The normalized spacial score (nSPS) is 10.8. The molecule has 1 aromatic heterocycles. The highest BCUT2D eigenvalue weighted by molar-refractivity contribution is 5.98. The molecule has 0 amide bonds. The van der Waals surface area contributed by atoms with Gasteiger partial charge in [-0.05, 0) is 46.4 Å². The topological polar surface area (TPSA) is 81.4 Å². The first kappa shape index (κ1) is 24.0. The zero-order valence-corrected chi connectivity index (χ0v) is 19.9. The van der Waals surface area contributed by atoms with Crippen molar-refractivity contribution in [1.29, 1.82) is 0 Å². The molecule has 3 aromatic carbocycles. The average molecular weight is 469 g/mol. The predicted octanol–water partition coefficient (Wildman–Crippen LogP) is 6.09. The summed E-state index contributed by atoms with van der Waals surface area (Å²) in [5.41, 5.74) is 5.34. The first-order chi connectivity index (χ1) is 17.0. The smallest absolute Gasteiger partial charge is 0.354 e. The van der Waals surface area contributed by atoms with Gasteiger partial charge >= 0.3 is 11.9 Å². The Morgan fingerprint density at radius 1 is 0.943 bits per heavy atom. The van der Waals surface area contributed by atoms with Crippen molar-refractivity contribution in [2.75, 3.05) is 7.11 Å². The Morgan fingerprint density at radius 3 is 2.31 bits per heavy atom. The molecule has 0 aliphatic rings. The van der Waals surface area contributed by atoms with Gasteiger partial charge in [-0.1, -0.05) is 74.0 Å². The van der Waals surface area contributed by atoms with Crippen molar-refractivity contribution in [3.05, 3.63) is 102 Å². The Morgan fingerprint density at radius 2 is 1.66 bits per heavy atom. The summed E-state index contributed by atoms with van der Waals surface area (Å²) in [6, 6.07) is 23.5. The maximum atomic E-state index is 12.5. The van der Waals surface area contributed by atoms with Gasteiger partial charge in [-0.15, -0.1) is 0 Å². The number of hydrogen-bond acceptors (Lipinski definition) is 4. The standard InChI is InChI=1S/C29H28N2O4/c1-3-4-10-27-30-18-26(28(32)33)31(27)19-20-11-13-22(14-12-20)25-17-23(21-8-6-5-7-9-21)15-16-24(25)29(34)35-2/h5-9,11-18H,3-4,10,19H2,1-2H3,(H,32,33). The van der Waals surface area contributed by atoms with Crippen LogP contribution in [-0.4, -0.2) is 33.7 Å². The molecular formula is C29H28N2O4. The highest BCUT2D eigenvalue weighted by atomic mass is 16.5. The molecule has 6 nitrogen and oxygen atoms in total. The van der Waals surface area contributed by atoms with Crippen LogP contribution in [0.2, 0.25) is 0 Å². The predicted molar refractivity (Wildman–Crippen MR) is 136 cm³/mol. The van der Waals surface area contributed by atoms with Crippen molar-refractivity contribution in [1.82, 2.24) is 9.55 Å². The van der Waals surface area contributed by atoms with Gasteiger partial charge in [-0.2, -0.15) is 0 Å². The van der Waals surface area contributed by atoms with Crippen molar-refractivity contribution in [3.8, 4) is 22.3 Å². The number of hydrogen-bond donors (Lipinski definition) is 1. The largest absolute Gasteiger partial charge is 0.477 e. The molecule has 1 heterocycles. The summed E-state index contributed by atoms with van der Waals surface area (Å²) >= 11 is 0. The first-order valence-corrected chi connectivity index (χ1v) is 11.7. The summed E-state index contributed by atoms with van der Waals surface area (Å²) in [7, 11) is 1.38. The van der Waals surface area contributed by atoms with Crippen LogP contribution in [0.4, 0.5) is 0 Å². The molecule has 0 aliphatic carbocycles. The number of aromatic nitrogens is 2. The van der Waals surface area contributed by atoms with E-state index in [-0.39, 0.29) is 5.69 Å². The number of unbranched alkanes of at least 4 members (excludes halogenated alkanes) is 1. The lowest BCUT2D eigenvalue weighted by Crippen LogP contribution is -2.12. The summed E-state index contributed by atoms with van der Waals surface area (Å²) in [6.45, 7) is 2.51. The third-order valence-corrected chi connectivity index (χ3v) is 6.05. The van der Waals surface area contributed by atoms with Crippen molar-refractivity contribution in [3.63, 3.8) is 0 Å². The van der Waals surface area contributed by atoms with E-state index in [0.717, 1.165) is 52.9 Å². The van der Waals surface area contributed by atoms with E-state index in [1.54, 1.807) is 10.6 Å². The van der Waals surface area contributed by atoms with Crippen LogP contribution in [0, 0.1) is 0 Å². The fraction of sp³-hybridized carbons (Fsp3) is 0.207. The maximum Gasteiger partial charge on any atom is 0.354 e. The molecule has 0 atom stereocenters. The van der Waals surface area contributed by atoms with Crippen LogP contribution in [0.3, 0.4) is 0 Å². The summed E-state index contributed by atoms with van der Waals surface area (Å²) < 4.78 is 6.78. The maximum absolute atomic E-state index is 12.5. The van der Waals surface area contributed by atoms with E-state index in [9.17, 15) is 14.7 Å². The van der Waals surface area contributed by atoms with Gasteiger partial charge in [0.2, 0.25) is 0 Å². The Labute approximate surface area is 204 Å². The monoisotopic (exact) mass is 468 g/mol. The van der Waals surface area contributed by atoms with Crippen LogP contribution >= 0.6 is 0 Å². The van der Waals surface area contributed by atoms with E-state index >= 15 is 0 Å². The van der Waals surface area contributed by atoms with Gasteiger partial charge in [0.1, 0.15) is 11.5 Å². The molecule has 0 unspecified atom stereocenters. The van der Waals surface area contributed by atoms with Crippen LogP contribution < -0.4 is 0 Å². The Balaban J connectivity index is 1.68. The number of esters is 1. The lowest BCUT2D eigenvalue weighted by Gasteiger charge is -2.13. The molecule has 0 bridgehead atoms. The van der Waals surface area contributed by atoms with Gasteiger partial charge in [-0.25, -0.2) is 14.6 Å². The third kappa shape index (κ3) is 5.32. The molecule has 0 fully saturated rings. The number of aromatic carboxylic acids is 1. The SMILES string of the molecule is CCCCc1ncc(C(=O)O)n1Cc1ccc(-c2cc(-c3ccccc3)ccc2C(=O)OC)cc1. The number of carbonyl (C=O) groups excluding carboxylic acids is 1. The Hall–Kier alpha value is -4.19. The van der Waals surface area contributed by atoms with E-state index in [1.807, 2.05) is 66.7 Å². The molecule has 0 saturated carbocycles. The highest BCUT2D eigenvalue weighted by Gasteiger charge is 2.17. The number of aryl methyl sites for hydroxylation is 1. The van der Waals surface area contributed by atoms with Crippen LogP contribution in [0.1, 0.15) is 52.0 Å². The minimum atomic E-state index is -0.989. The number of carboxylic acid groups (broad SMARTS) is 1. The van der Waals surface area contributed by atoms with Crippen molar-refractivity contribution in [2.45, 2.75) is 32.7 Å². The molecule has 178 valence electrons. The van der Waals surface area contributed by atoms with Gasteiger partial charge in [0.05, 0.1) is 18.9 Å². The second-order valence-corrected chi connectivity index (χ2v) is 8.37. The molecule has 4 rings (SSSR count). The van der Waals surface area contributed by atoms with Gasteiger partial charge in [0, 0.05) is 13.0 Å². The van der Waals surface area contributed by atoms with Crippen LogP contribution in [0.25, 0.3) is 22.3 Å². The number of nitrogens with zero attached hydrogens (tertiary/aromatic N) is 2. The van der Waals surface area contributed by atoms with Crippen molar-refractivity contribution < 1.29 is 19.4 Å². The number of carboxylic acids is 1. The number of rotatable bonds is 9. The van der Waals surface area contributed by atoms with Gasteiger partial charge < -0.3 is 14.4 Å². The highest BCUT2D eigenvalue weighted by Crippen LogP contribution is 2.30. The second kappa shape index (κ2) is 10.8. The first-order valence-electron chi connectivity index (χ1n) is 11.7. The van der Waals surface area contributed by atoms with E-state index in [4.69, 9.17) is 4.74 Å². The summed E-state index contributed by atoms with van der Waals surface area (Å²) in [6.07, 6.45) is 4.12. The third-order valence-electron chi connectivity index (χ3n) is 6.05. The Bertz CT molecular complexity index is 1320. The fourth-order valence-corrected chi connectivity index (χ4v) is 4.15. The number of carbonyl (C=O) groups is 2. The second-order valence-electron chi connectivity index (χ2n) is 8.37. The van der Waals surface area contributed by atoms with E-state index in [2.05, 4.69) is 11.9 Å². The fourth-order valence-electron chi connectivity index (χ4n) is 4.15. The molecule has 0 saturated heterocycles. The summed E-state index contributed by atoms with van der Waals surface area (Å²) in [5, 5.41) is 9.60. The van der Waals surface area contributed by atoms with E-state index < -0.39 is 11.9 Å². The minimum absolute atomic E-state index is 0.184. The zero-order valence-electron chi connectivity index (χ0n) is 19.9. The minimum Gasteiger partial charge on any atom is -0.477 e. The molecule has 6 heteroatoms.